The van der Waals surface area contributed by atoms with Crippen molar-refractivity contribution in [2.45, 2.75) is 57.8 Å². The van der Waals surface area contributed by atoms with Gasteiger partial charge >= 0.3 is 7.12 Å². The van der Waals surface area contributed by atoms with E-state index in [1.165, 1.54) is 0 Å². The Balaban J connectivity index is 1.62. The zero-order valence-electron chi connectivity index (χ0n) is 15.8. The van der Waals surface area contributed by atoms with Crippen molar-refractivity contribution in [3.05, 3.63) is 24.0 Å². The second kappa shape index (κ2) is 6.70. The first-order chi connectivity index (χ1) is 11.7. The Labute approximate surface area is 150 Å². The van der Waals surface area contributed by atoms with Crippen LogP contribution in [-0.4, -0.2) is 60.3 Å². The van der Waals surface area contributed by atoms with E-state index in [0.29, 0.717) is 5.69 Å². The summed E-state index contributed by atoms with van der Waals surface area (Å²) >= 11 is 0. The molecule has 1 amide bonds. The Morgan fingerprint density at radius 2 is 1.80 bits per heavy atom. The van der Waals surface area contributed by atoms with E-state index < -0.39 is 7.12 Å². The summed E-state index contributed by atoms with van der Waals surface area (Å²) in [6, 6.07) is 3.83. The Morgan fingerprint density at radius 3 is 2.32 bits per heavy atom. The van der Waals surface area contributed by atoms with Crippen LogP contribution in [0.4, 0.5) is 0 Å². The van der Waals surface area contributed by atoms with Crippen molar-refractivity contribution in [2.75, 3.05) is 20.1 Å². The molecule has 3 heterocycles. The Kier molecular flexibility index (Phi) is 4.92. The quantitative estimate of drug-likeness (QED) is 0.835. The van der Waals surface area contributed by atoms with E-state index in [2.05, 4.69) is 22.2 Å². The number of hydrogen-bond acceptors (Lipinski definition) is 5. The number of rotatable bonds is 3. The van der Waals surface area contributed by atoms with Gasteiger partial charge in [-0.25, -0.2) is 0 Å². The maximum absolute atomic E-state index is 12.4. The summed E-state index contributed by atoms with van der Waals surface area (Å²) in [5, 5.41) is 3.08. The van der Waals surface area contributed by atoms with Crippen LogP contribution in [0.3, 0.4) is 0 Å². The second-order valence-electron chi connectivity index (χ2n) is 8.12. The Hall–Kier alpha value is -1.44. The SMILES string of the molecule is CN1CCC(NC(=O)c2ccc(B3OC(C)(C)C(C)(C)O3)cn2)CC1. The molecule has 0 unspecified atom stereocenters. The van der Waals surface area contributed by atoms with E-state index in [4.69, 9.17) is 9.31 Å². The van der Waals surface area contributed by atoms with Crippen LogP contribution in [0.15, 0.2) is 18.3 Å². The normalized spacial score (nSPS) is 23.6. The molecule has 2 fully saturated rings. The predicted molar refractivity (Wildman–Crippen MR) is 97.9 cm³/mol. The third-order valence-corrected chi connectivity index (χ3v) is 5.60. The number of likely N-dealkylation sites (tertiary alicyclic amines) is 1. The molecule has 0 radical (unpaired) electrons. The number of nitrogens with zero attached hydrogens (tertiary/aromatic N) is 2. The number of aromatic nitrogens is 1. The highest BCUT2D eigenvalue weighted by Gasteiger charge is 2.51. The van der Waals surface area contributed by atoms with Crippen LogP contribution in [0.5, 0.6) is 0 Å². The molecule has 0 atom stereocenters. The second-order valence-corrected chi connectivity index (χ2v) is 8.12. The van der Waals surface area contributed by atoms with Gasteiger partial charge in [0.25, 0.3) is 5.91 Å². The van der Waals surface area contributed by atoms with E-state index in [0.717, 1.165) is 31.4 Å². The van der Waals surface area contributed by atoms with Gasteiger partial charge in [0.1, 0.15) is 5.69 Å². The van der Waals surface area contributed by atoms with Crippen LogP contribution < -0.4 is 10.8 Å². The fourth-order valence-corrected chi connectivity index (χ4v) is 3.07. The van der Waals surface area contributed by atoms with Gasteiger partial charge in [0, 0.05) is 17.7 Å². The summed E-state index contributed by atoms with van der Waals surface area (Å²) < 4.78 is 12.0. The lowest BCUT2D eigenvalue weighted by molar-refractivity contribution is 0.00578. The summed E-state index contributed by atoms with van der Waals surface area (Å²) in [7, 11) is 1.65. The summed E-state index contributed by atoms with van der Waals surface area (Å²) in [6.07, 6.45) is 3.63. The zero-order valence-corrected chi connectivity index (χ0v) is 15.8. The molecule has 25 heavy (non-hydrogen) atoms. The van der Waals surface area contributed by atoms with Gasteiger partial charge in [-0.2, -0.15) is 0 Å². The highest BCUT2D eigenvalue weighted by Crippen LogP contribution is 2.36. The molecule has 6 nitrogen and oxygen atoms in total. The molecule has 2 saturated heterocycles. The first-order valence-electron chi connectivity index (χ1n) is 8.99. The maximum Gasteiger partial charge on any atom is 0.496 e. The Bertz CT molecular complexity index is 609. The first kappa shape index (κ1) is 18.4. The largest absolute Gasteiger partial charge is 0.496 e. The van der Waals surface area contributed by atoms with Gasteiger partial charge in [0.2, 0.25) is 0 Å². The number of carbonyl (C=O) groups is 1. The van der Waals surface area contributed by atoms with Gasteiger partial charge in [0.05, 0.1) is 11.2 Å². The molecule has 0 bridgehead atoms. The van der Waals surface area contributed by atoms with Gasteiger partial charge in [-0.1, -0.05) is 6.07 Å². The van der Waals surface area contributed by atoms with Crippen LogP contribution in [0, 0.1) is 0 Å². The minimum absolute atomic E-state index is 0.116. The van der Waals surface area contributed by atoms with Crippen LogP contribution in [0.2, 0.25) is 0 Å². The first-order valence-corrected chi connectivity index (χ1v) is 8.99. The van der Waals surface area contributed by atoms with Crippen LogP contribution in [0.25, 0.3) is 0 Å². The molecule has 1 N–H and O–H groups in total. The van der Waals surface area contributed by atoms with Crippen molar-refractivity contribution in [1.29, 1.82) is 0 Å². The smallest absolute Gasteiger partial charge is 0.399 e. The van der Waals surface area contributed by atoms with Crippen molar-refractivity contribution in [3.63, 3.8) is 0 Å². The van der Waals surface area contributed by atoms with Gasteiger partial charge < -0.3 is 19.5 Å². The van der Waals surface area contributed by atoms with Crippen molar-refractivity contribution in [3.8, 4) is 0 Å². The summed E-state index contributed by atoms with van der Waals surface area (Å²) in [4.78, 5) is 19.0. The lowest BCUT2D eigenvalue weighted by Crippen LogP contribution is -2.43. The molecule has 0 spiro atoms. The van der Waals surface area contributed by atoms with Crippen LogP contribution in [-0.2, 0) is 9.31 Å². The molecule has 2 aliphatic heterocycles. The van der Waals surface area contributed by atoms with Gasteiger partial charge in [0.15, 0.2) is 0 Å². The van der Waals surface area contributed by atoms with Crippen molar-refractivity contribution in [1.82, 2.24) is 15.2 Å². The molecule has 136 valence electrons. The van der Waals surface area contributed by atoms with E-state index in [-0.39, 0.29) is 23.2 Å². The predicted octanol–water partition coefficient (Wildman–Crippen LogP) is 1.20. The molecule has 1 aromatic heterocycles. The van der Waals surface area contributed by atoms with Gasteiger partial charge in [-0.15, -0.1) is 0 Å². The van der Waals surface area contributed by atoms with E-state index in [1.807, 2.05) is 33.8 Å². The molecule has 0 aromatic carbocycles. The minimum atomic E-state index is -0.455. The third-order valence-electron chi connectivity index (χ3n) is 5.60. The molecule has 2 aliphatic rings. The van der Waals surface area contributed by atoms with Crippen LogP contribution in [0.1, 0.15) is 51.0 Å². The molecule has 0 aliphatic carbocycles. The maximum atomic E-state index is 12.4. The van der Waals surface area contributed by atoms with E-state index >= 15 is 0 Å². The van der Waals surface area contributed by atoms with E-state index in [1.54, 1.807) is 12.3 Å². The number of pyridine rings is 1. The minimum Gasteiger partial charge on any atom is -0.399 e. The van der Waals surface area contributed by atoms with Gasteiger partial charge in [-0.05, 0) is 66.7 Å². The Morgan fingerprint density at radius 1 is 1.20 bits per heavy atom. The number of carbonyl (C=O) groups excluding carboxylic acids is 1. The van der Waals surface area contributed by atoms with Gasteiger partial charge in [-0.3, -0.25) is 9.78 Å². The molecule has 1 aromatic rings. The average molecular weight is 345 g/mol. The number of amides is 1. The highest BCUT2D eigenvalue weighted by molar-refractivity contribution is 6.62. The fourth-order valence-electron chi connectivity index (χ4n) is 3.07. The fraction of sp³-hybridized carbons (Fsp3) is 0.667. The highest BCUT2D eigenvalue weighted by atomic mass is 16.7. The summed E-state index contributed by atoms with van der Waals surface area (Å²) in [5.41, 5.74) is 0.484. The molecule has 7 heteroatoms. The monoisotopic (exact) mass is 345 g/mol. The molecular formula is C18H28BN3O3. The number of nitrogens with one attached hydrogen (secondary N) is 1. The third kappa shape index (κ3) is 3.88. The summed E-state index contributed by atoms with van der Waals surface area (Å²) in [6.45, 7) is 10.1. The molecule has 3 rings (SSSR count). The molecular weight excluding hydrogens is 317 g/mol. The zero-order chi connectivity index (χ0) is 18.2. The van der Waals surface area contributed by atoms with E-state index in [9.17, 15) is 4.79 Å². The van der Waals surface area contributed by atoms with Crippen LogP contribution >= 0.6 is 0 Å². The lowest BCUT2D eigenvalue weighted by Gasteiger charge is -2.32. The van der Waals surface area contributed by atoms with Crippen molar-refractivity contribution in [2.24, 2.45) is 0 Å². The topological polar surface area (TPSA) is 63.7 Å². The number of hydrogen-bond donors (Lipinski definition) is 1. The van der Waals surface area contributed by atoms with Crippen molar-refractivity contribution >= 4 is 18.5 Å². The summed E-state index contributed by atoms with van der Waals surface area (Å²) in [5.74, 6) is -0.116. The number of piperidine rings is 1. The molecule has 0 saturated carbocycles. The van der Waals surface area contributed by atoms with Crippen molar-refractivity contribution < 1.29 is 14.1 Å². The lowest BCUT2D eigenvalue weighted by atomic mass is 9.80. The average Bonchev–Trinajstić information content (AvgIpc) is 2.78. The standard InChI is InChI=1S/C18H28BN3O3/c1-17(2)18(3,4)25-19(24-17)13-6-7-15(20-12-13)16(23)21-14-8-10-22(5)11-9-14/h6-7,12,14H,8-11H2,1-5H3,(H,21,23).